The Balaban J connectivity index is 1.91. The Morgan fingerprint density at radius 1 is 1.12 bits per heavy atom. The second-order valence-electron chi connectivity index (χ2n) is 5.24. The number of benzene rings is 1. The highest BCUT2D eigenvalue weighted by molar-refractivity contribution is 9.10. The third-order valence-electron chi connectivity index (χ3n) is 4.21. The minimum Gasteiger partial charge on any atom is -0.363 e. The summed E-state index contributed by atoms with van der Waals surface area (Å²) in [6.07, 6.45) is 5.45. The summed E-state index contributed by atoms with van der Waals surface area (Å²) in [7, 11) is 0. The Bertz CT molecular complexity index is 382. The zero-order valence-corrected chi connectivity index (χ0v) is 11.7. The van der Waals surface area contributed by atoms with Crippen LogP contribution in [0.2, 0.25) is 0 Å². The molecule has 92 valence electrons. The highest BCUT2D eigenvalue weighted by Gasteiger charge is 2.41. The number of hydrogen-bond donors (Lipinski definition) is 1. The van der Waals surface area contributed by atoms with E-state index in [4.69, 9.17) is 0 Å². The van der Waals surface area contributed by atoms with Crippen LogP contribution in [0.15, 0.2) is 28.7 Å². The van der Waals surface area contributed by atoms with E-state index in [-0.39, 0.29) is 0 Å². The second-order valence-corrected chi connectivity index (χ2v) is 6.15. The van der Waals surface area contributed by atoms with Gasteiger partial charge in [-0.05, 0) is 37.1 Å². The maximum absolute atomic E-state index is 3.58. The Hall–Kier alpha value is -0.540. The van der Waals surface area contributed by atoms with Gasteiger partial charge in [0.2, 0.25) is 0 Å². The minimum absolute atomic E-state index is 0.395. The van der Waals surface area contributed by atoms with E-state index in [1.165, 1.54) is 31.4 Å². The first kappa shape index (κ1) is 11.5. The molecule has 1 aliphatic heterocycles. The van der Waals surface area contributed by atoms with Gasteiger partial charge in [0.15, 0.2) is 0 Å². The number of rotatable bonds is 1. The fourth-order valence-corrected chi connectivity index (χ4v) is 3.61. The summed E-state index contributed by atoms with van der Waals surface area (Å²) < 4.78 is 1.16. The molecule has 3 rings (SSSR count). The van der Waals surface area contributed by atoms with Crippen molar-refractivity contribution in [1.29, 1.82) is 0 Å². The van der Waals surface area contributed by atoms with Crippen molar-refractivity contribution in [2.24, 2.45) is 0 Å². The summed E-state index contributed by atoms with van der Waals surface area (Å²) in [5.74, 6) is 0. The number of halogens is 1. The maximum atomic E-state index is 3.58. The Labute approximate surface area is 112 Å². The van der Waals surface area contributed by atoms with Crippen molar-refractivity contribution < 1.29 is 0 Å². The molecule has 1 saturated carbocycles. The maximum Gasteiger partial charge on any atom is 0.0526 e. The van der Waals surface area contributed by atoms with Gasteiger partial charge < -0.3 is 10.2 Å². The number of piperazine rings is 1. The lowest BCUT2D eigenvalue weighted by atomic mass is 9.92. The minimum atomic E-state index is 0.395. The van der Waals surface area contributed by atoms with Crippen molar-refractivity contribution in [2.75, 3.05) is 24.5 Å². The average molecular weight is 295 g/mol. The Morgan fingerprint density at radius 2 is 1.82 bits per heavy atom. The summed E-state index contributed by atoms with van der Waals surface area (Å²) in [5, 5.41) is 3.58. The SMILES string of the molecule is Brc1ccc(N2CCNCC23CCCC3)cc1. The normalized spacial score (nSPS) is 23.2. The number of nitrogens with one attached hydrogen (secondary N) is 1. The van der Waals surface area contributed by atoms with Crippen molar-refractivity contribution >= 4 is 21.6 Å². The van der Waals surface area contributed by atoms with Gasteiger partial charge in [0.25, 0.3) is 0 Å². The second kappa shape index (κ2) is 4.62. The number of hydrogen-bond acceptors (Lipinski definition) is 2. The van der Waals surface area contributed by atoms with Crippen LogP contribution in [-0.2, 0) is 0 Å². The van der Waals surface area contributed by atoms with Crippen molar-refractivity contribution in [1.82, 2.24) is 5.32 Å². The average Bonchev–Trinajstić information content (AvgIpc) is 2.80. The fourth-order valence-electron chi connectivity index (χ4n) is 3.35. The summed E-state index contributed by atoms with van der Waals surface area (Å²) in [6, 6.07) is 8.80. The molecule has 1 spiro atoms. The van der Waals surface area contributed by atoms with Crippen molar-refractivity contribution in [3.63, 3.8) is 0 Å². The Morgan fingerprint density at radius 3 is 2.53 bits per heavy atom. The van der Waals surface area contributed by atoms with Crippen LogP contribution in [-0.4, -0.2) is 25.2 Å². The molecule has 2 fully saturated rings. The molecule has 1 aromatic rings. The molecule has 2 nitrogen and oxygen atoms in total. The molecule has 2 aliphatic rings. The molecule has 0 aromatic heterocycles. The van der Waals surface area contributed by atoms with Gasteiger partial charge in [-0.1, -0.05) is 28.8 Å². The molecule has 0 amide bonds. The van der Waals surface area contributed by atoms with Crippen LogP contribution in [0.1, 0.15) is 25.7 Å². The van der Waals surface area contributed by atoms with Crippen LogP contribution in [0.3, 0.4) is 0 Å². The van der Waals surface area contributed by atoms with Crippen molar-refractivity contribution in [2.45, 2.75) is 31.2 Å². The third kappa shape index (κ3) is 2.11. The van der Waals surface area contributed by atoms with Crippen molar-refractivity contribution in [3.8, 4) is 0 Å². The largest absolute Gasteiger partial charge is 0.363 e. The van der Waals surface area contributed by atoms with Crippen LogP contribution >= 0.6 is 15.9 Å². The van der Waals surface area contributed by atoms with Gasteiger partial charge in [0.1, 0.15) is 0 Å². The van der Waals surface area contributed by atoms with Gasteiger partial charge in [-0.25, -0.2) is 0 Å². The predicted molar refractivity (Wildman–Crippen MR) is 75.6 cm³/mol. The van der Waals surface area contributed by atoms with E-state index in [1.807, 2.05) is 0 Å². The van der Waals surface area contributed by atoms with E-state index >= 15 is 0 Å². The molecule has 0 bridgehead atoms. The monoisotopic (exact) mass is 294 g/mol. The molecule has 3 heteroatoms. The summed E-state index contributed by atoms with van der Waals surface area (Å²) >= 11 is 3.51. The van der Waals surface area contributed by atoms with Crippen LogP contribution in [0.25, 0.3) is 0 Å². The summed E-state index contributed by atoms with van der Waals surface area (Å²) in [6.45, 7) is 3.41. The first-order chi connectivity index (χ1) is 8.30. The molecule has 0 radical (unpaired) electrons. The van der Waals surface area contributed by atoms with Gasteiger partial charge in [-0.15, -0.1) is 0 Å². The molecule has 1 aliphatic carbocycles. The van der Waals surface area contributed by atoms with Crippen LogP contribution in [0, 0.1) is 0 Å². The highest BCUT2D eigenvalue weighted by atomic mass is 79.9. The molecule has 0 unspecified atom stereocenters. The van der Waals surface area contributed by atoms with E-state index < -0.39 is 0 Å². The van der Waals surface area contributed by atoms with Crippen LogP contribution in [0.5, 0.6) is 0 Å². The summed E-state index contributed by atoms with van der Waals surface area (Å²) in [5.41, 5.74) is 1.78. The zero-order valence-electron chi connectivity index (χ0n) is 10.1. The third-order valence-corrected chi connectivity index (χ3v) is 4.74. The Kier molecular flexibility index (Phi) is 3.14. The van der Waals surface area contributed by atoms with E-state index in [0.717, 1.165) is 24.1 Å². The molecule has 0 atom stereocenters. The lowest BCUT2D eigenvalue weighted by molar-refractivity contribution is 0.332. The number of nitrogens with zero attached hydrogens (tertiary/aromatic N) is 1. The molecule has 1 saturated heterocycles. The van der Waals surface area contributed by atoms with E-state index in [9.17, 15) is 0 Å². The molecule has 1 heterocycles. The lowest BCUT2D eigenvalue weighted by Gasteiger charge is -2.47. The fraction of sp³-hybridized carbons (Fsp3) is 0.571. The lowest BCUT2D eigenvalue weighted by Crippen LogP contribution is -2.60. The smallest absolute Gasteiger partial charge is 0.0526 e. The summed E-state index contributed by atoms with van der Waals surface area (Å²) in [4.78, 5) is 2.64. The quantitative estimate of drug-likeness (QED) is 0.856. The van der Waals surface area contributed by atoms with E-state index in [0.29, 0.717) is 5.54 Å². The molecule has 1 N–H and O–H groups in total. The molecular weight excluding hydrogens is 276 g/mol. The standard InChI is InChI=1S/C14H19BrN2/c15-12-3-5-13(6-4-12)17-10-9-16-11-14(17)7-1-2-8-14/h3-6,16H,1-2,7-11H2. The highest BCUT2D eigenvalue weighted by Crippen LogP contribution is 2.39. The first-order valence-corrected chi connectivity index (χ1v) is 7.33. The van der Waals surface area contributed by atoms with Gasteiger partial charge in [-0.2, -0.15) is 0 Å². The first-order valence-electron chi connectivity index (χ1n) is 6.54. The van der Waals surface area contributed by atoms with Crippen LogP contribution in [0.4, 0.5) is 5.69 Å². The topological polar surface area (TPSA) is 15.3 Å². The zero-order chi connectivity index (χ0) is 11.7. The molecular formula is C14H19BrN2. The van der Waals surface area contributed by atoms with E-state index in [1.54, 1.807) is 0 Å². The van der Waals surface area contributed by atoms with Crippen LogP contribution < -0.4 is 10.2 Å². The molecule has 17 heavy (non-hydrogen) atoms. The van der Waals surface area contributed by atoms with Gasteiger partial charge >= 0.3 is 0 Å². The number of anilines is 1. The van der Waals surface area contributed by atoms with Gasteiger partial charge in [-0.3, -0.25) is 0 Å². The predicted octanol–water partition coefficient (Wildman–Crippen LogP) is 3.17. The van der Waals surface area contributed by atoms with E-state index in [2.05, 4.69) is 50.4 Å². The van der Waals surface area contributed by atoms with Gasteiger partial charge in [0.05, 0.1) is 5.54 Å². The molecule has 1 aromatic carbocycles. The van der Waals surface area contributed by atoms with Gasteiger partial charge in [0, 0.05) is 29.8 Å². The van der Waals surface area contributed by atoms with Crippen molar-refractivity contribution in [3.05, 3.63) is 28.7 Å².